The summed E-state index contributed by atoms with van der Waals surface area (Å²) in [5, 5.41) is 0. The first kappa shape index (κ1) is 27.5. The summed E-state index contributed by atoms with van der Waals surface area (Å²) in [6.45, 7) is -0.523. The van der Waals surface area contributed by atoms with Gasteiger partial charge in [0.2, 0.25) is 17.6 Å². The van der Waals surface area contributed by atoms with Gasteiger partial charge in [-0.15, -0.1) is 0 Å². The second-order valence-corrected chi connectivity index (χ2v) is 11.4. The minimum Gasteiger partial charge on any atom is -0.457 e. The number of ether oxygens (including phenoxy) is 2. The fourth-order valence-electron chi connectivity index (χ4n) is 7.13. The summed E-state index contributed by atoms with van der Waals surface area (Å²) in [5.74, 6) is -2.21. The molecule has 0 unspecified atom stereocenters. The van der Waals surface area contributed by atoms with Gasteiger partial charge in [0.1, 0.15) is 5.75 Å². The highest BCUT2D eigenvalue weighted by Crippen LogP contribution is 2.61. The van der Waals surface area contributed by atoms with Crippen LogP contribution in [-0.4, -0.2) is 36.1 Å². The third-order valence-corrected chi connectivity index (χ3v) is 9.03. The average molecular weight is 590 g/mol. The zero-order valence-corrected chi connectivity index (χ0v) is 23.5. The van der Waals surface area contributed by atoms with Crippen LogP contribution in [0.25, 0.3) is 0 Å². The SMILES string of the molecule is O=C(COC(=O)c1cccc(N2C(=O)[C@@H]3[C@H]4C[C@H]([C@H]3C2=O)[C@@H](c2ccccc2)C4)c1)c1ccc(OC(=O)c2ccco2)cc1. The van der Waals surface area contributed by atoms with Crippen molar-refractivity contribution < 1.29 is 37.9 Å². The molecule has 0 N–H and O–H groups in total. The molecule has 2 heterocycles. The molecular weight excluding hydrogens is 562 g/mol. The van der Waals surface area contributed by atoms with Crippen molar-refractivity contribution in [3.05, 3.63) is 120 Å². The fraction of sp³-hybridized carbons (Fsp3) is 0.229. The summed E-state index contributed by atoms with van der Waals surface area (Å²) in [4.78, 5) is 66.0. The van der Waals surface area contributed by atoms with Gasteiger partial charge in [0, 0.05) is 5.56 Å². The van der Waals surface area contributed by atoms with Crippen LogP contribution in [0.3, 0.4) is 0 Å². The number of carbonyl (C=O) groups excluding carboxylic acids is 5. The summed E-state index contributed by atoms with van der Waals surface area (Å²) in [5.41, 5.74) is 1.91. The number of imide groups is 1. The number of hydrogen-bond acceptors (Lipinski definition) is 8. The number of hydrogen-bond donors (Lipinski definition) is 0. The minimum absolute atomic E-state index is 0.0475. The molecule has 2 amide bonds. The Morgan fingerprint density at radius 3 is 2.30 bits per heavy atom. The largest absolute Gasteiger partial charge is 0.457 e. The fourth-order valence-corrected chi connectivity index (χ4v) is 7.13. The summed E-state index contributed by atoms with van der Waals surface area (Å²) in [6.07, 6.45) is 3.12. The van der Waals surface area contributed by atoms with E-state index in [4.69, 9.17) is 13.9 Å². The van der Waals surface area contributed by atoms with Crippen LogP contribution in [0, 0.1) is 23.7 Å². The lowest BCUT2D eigenvalue weighted by atomic mass is 9.73. The second kappa shape index (κ2) is 11.1. The van der Waals surface area contributed by atoms with Crippen molar-refractivity contribution in [1.82, 2.24) is 0 Å². The lowest BCUT2D eigenvalue weighted by Gasteiger charge is -2.28. The molecule has 1 aromatic heterocycles. The van der Waals surface area contributed by atoms with Crippen molar-refractivity contribution in [3.8, 4) is 5.75 Å². The Labute approximate surface area is 252 Å². The van der Waals surface area contributed by atoms with E-state index in [0.717, 1.165) is 12.8 Å². The van der Waals surface area contributed by atoms with E-state index in [9.17, 15) is 24.0 Å². The van der Waals surface area contributed by atoms with Crippen molar-refractivity contribution in [1.29, 1.82) is 0 Å². The molecule has 2 saturated carbocycles. The van der Waals surface area contributed by atoms with E-state index in [1.54, 1.807) is 18.2 Å². The first-order chi connectivity index (χ1) is 21.4. The normalized spacial score (nSPS) is 23.5. The van der Waals surface area contributed by atoms with Gasteiger partial charge in [0.15, 0.2) is 12.4 Å². The van der Waals surface area contributed by atoms with Gasteiger partial charge in [-0.3, -0.25) is 19.3 Å². The van der Waals surface area contributed by atoms with Gasteiger partial charge in [-0.2, -0.15) is 0 Å². The van der Waals surface area contributed by atoms with Crippen molar-refractivity contribution in [3.63, 3.8) is 0 Å². The predicted molar refractivity (Wildman–Crippen MR) is 156 cm³/mol. The number of furan rings is 1. The third-order valence-electron chi connectivity index (χ3n) is 9.03. The molecule has 5 atom stereocenters. The average Bonchev–Trinajstić information content (AvgIpc) is 3.85. The van der Waals surface area contributed by atoms with E-state index in [2.05, 4.69) is 12.1 Å². The van der Waals surface area contributed by atoms with Crippen molar-refractivity contribution >= 4 is 35.2 Å². The Kier molecular flexibility index (Phi) is 6.93. The van der Waals surface area contributed by atoms with E-state index < -0.39 is 24.3 Å². The Morgan fingerprint density at radius 1 is 0.773 bits per heavy atom. The number of anilines is 1. The molecule has 1 aliphatic heterocycles. The van der Waals surface area contributed by atoms with Crippen LogP contribution >= 0.6 is 0 Å². The highest BCUT2D eigenvalue weighted by atomic mass is 16.5. The molecule has 220 valence electrons. The first-order valence-corrected chi connectivity index (χ1v) is 14.5. The maximum Gasteiger partial charge on any atom is 0.379 e. The number of benzene rings is 3. The molecule has 1 saturated heterocycles. The highest BCUT2D eigenvalue weighted by Gasteiger charge is 2.64. The molecule has 44 heavy (non-hydrogen) atoms. The lowest BCUT2D eigenvalue weighted by molar-refractivity contribution is -0.123. The van der Waals surface area contributed by atoms with Crippen molar-refractivity contribution in [2.45, 2.75) is 18.8 Å². The molecule has 4 aromatic rings. The number of Topliss-reactive ketones (excluding diaryl/α,β-unsaturated/α-hetero) is 1. The molecule has 0 radical (unpaired) electrons. The standard InChI is InChI=1S/C35H27NO8/c37-28(21-11-13-25(14-12-21)44-35(41)29-10-5-15-42-29)19-43-34(40)22-8-4-9-24(16-22)36-32(38)30-23-17-26(20-6-2-1-3-7-20)27(18-23)31(30)33(36)39/h1-16,23,26-27,30-31H,17-19H2/t23-,26-,27+,30-,31-/m1/s1. The number of esters is 2. The smallest absolute Gasteiger partial charge is 0.379 e. The number of rotatable bonds is 8. The molecule has 0 spiro atoms. The van der Waals surface area contributed by atoms with Crippen LogP contribution in [0.15, 0.2) is 102 Å². The molecule has 3 aromatic carbocycles. The maximum atomic E-state index is 13.7. The van der Waals surface area contributed by atoms with Crippen LogP contribution in [0.5, 0.6) is 5.75 Å². The highest BCUT2D eigenvalue weighted by molar-refractivity contribution is 6.23. The molecule has 3 aliphatic rings. The number of amides is 2. The number of carbonyl (C=O) groups is 5. The summed E-state index contributed by atoms with van der Waals surface area (Å²) < 4.78 is 15.5. The Bertz CT molecular complexity index is 1760. The molecule has 9 heteroatoms. The first-order valence-electron chi connectivity index (χ1n) is 14.5. The maximum absolute atomic E-state index is 13.7. The van der Waals surface area contributed by atoms with Crippen LogP contribution in [0.1, 0.15) is 55.6 Å². The monoisotopic (exact) mass is 589 g/mol. The molecule has 2 bridgehead atoms. The van der Waals surface area contributed by atoms with E-state index in [-0.39, 0.29) is 64.0 Å². The zero-order valence-electron chi connectivity index (χ0n) is 23.5. The van der Waals surface area contributed by atoms with E-state index in [1.807, 2.05) is 18.2 Å². The molecule has 7 rings (SSSR count). The van der Waals surface area contributed by atoms with Crippen LogP contribution in [0.4, 0.5) is 5.69 Å². The van der Waals surface area contributed by atoms with E-state index in [0.29, 0.717) is 5.69 Å². The topological polar surface area (TPSA) is 120 Å². The quantitative estimate of drug-likeness (QED) is 0.115. The molecule has 3 fully saturated rings. The lowest BCUT2D eigenvalue weighted by Crippen LogP contribution is -2.33. The van der Waals surface area contributed by atoms with Gasteiger partial charge in [-0.1, -0.05) is 36.4 Å². The van der Waals surface area contributed by atoms with Gasteiger partial charge >= 0.3 is 11.9 Å². The number of fused-ring (bicyclic) bond motifs is 5. The Balaban J connectivity index is 0.991. The van der Waals surface area contributed by atoms with Crippen molar-refractivity contribution in [2.75, 3.05) is 11.5 Å². The minimum atomic E-state index is -0.757. The van der Waals surface area contributed by atoms with E-state index in [1.165, 1.54) is 59.2 Å². The zero-order chi connectivity index (χ0) is 30.4. The number of nitrogens with zero attached hydrogens (tertiary/aromatic N) is 1. The summed E-state index contributed by atoms with van der Waals surface area (Å²) in [7, 11) is 0. The van der Waals surface area contributed by atoms with Gasteiger partial charge < -0.3 is 13.9 Å². The predicted octanol–water partition coefficient (Wildman–Crippen LogP) is 5.47. The Hall–Kier alpha value is -5.31. The molecular formula is C35H27NO8. The van der Waals surface area contributed by atoms with Crippen LogP contribution in [-0.2, 0) is 14.3 Å². The molecule has 9 nitrogen and oxygen atoms in total. The van der Waals surface area contributed by atoms with Crippen LogP contribution < -0.4 is 9.64 Å². The third kappa shape index (κ3) is 4.80. The molecule has 2 aliphatic carbocycles. The van der Waals surface area contributed by atoms with Gasteiger partial charge in [0.25, 0.3) is 0 Å². The van der Waals surface area contributed by atoms with Crippen molar-refractivity contribution in [2.24, 2.45) is 23.7 Å². The van der Waals surface area contributed by atoms with Gasteiger partial charge in [-0.25, -0.2) is 9.59 Å². The summed E-state index contributed by atoms with van der Waals surface area (Å²) >= 11 is 0. The van der Waals surface area contributed by atoms with Gasteiger partial charge in [-0.05, 0) is 90.8 Å². The summed E-state index contributed by atoms with van der Waals surface area (Å²) in [6, 6.07) is 25.2. The second-order valence-electron chi connectivity index (χ2n) is 11.4. The van der Waals surface area contributed by atoms with Crippen LogP contribution in [0.2, 0.25) is 0 Å². The van der Waals surface area contributed by atoms with E-state index >= 15 is 0 Å². The van der Waals surface area contributed by atoms with Gasteiger partial charge in [0.05, 0.1) is 29.3 Å². The Morgan fingerprint density at radius 2 is 1.55 bits per heavy atom. The number of ketones is 1.